The average molecular weight is 664 g/mol. The van der Waals surface area contributed by atoms with Crippen LogP contribution in [0.25, 0.3) is 0 Å². The van der Waals surface area contributed by atoms with Crippen molar-refractivity contribution in [2.75, 3.05) is 6.61 Å². The van der Waals surface area contributed by atoms with Crippen LogP contribution in [-0.2, 0) is 42.9 Å². The molecule has 6 unspecified atom stereocenters. The monoisotopic (exact) mass is 663 g/mol. The maximum atomic E-state index is 13.8. The number of esters is 1. The van der Waals surface area contributed by atoms with Gasteiger partial charge in [0.25, 0.3) is 11.9 Å². The Balaban J connectivity index is 1.70. The molecular formula is C33H45NO13. The second kappa shape index (κ2) is 14.6. The van der Waals surface area contributed by atoms with Crippen LogP contribution >= 0.6 is 0 Å². The quantitative estimate of drug-likeness (QED) is 0.152. The maximum absolute atomic E-state index is 13.8. The number of carbonyl (C=O) groups is 4. The fraction of sp³-hybridized carbons (Fsp3) is 0.636. The zero-order valence-corrected chi connectivity index (χ0v) is 27.3. The molecule has 12 atom stereocenters. The van der Waals surface area contributed by atoms with Crippen molar-refractivity contribution < 1.29 is 63.3 Å². The van der Waals surface area contributed by atoms with Crippen molar-refractivity contribution >= 4 is 23.4 Å². The molecule has 0 aromatic rings. The second-order valence-electron chi connectivity index (χ2n) is 12.8. The topological polar surface area (TPSA) is 207 Å². The lowest BCUT2D eigenvalue weighted by atomic mass is 9.69. The summed E-state index contributed by atoms with van der Waals surface area (Å²) in [5, 5.41) is 43.6. The maximum Gasteiger partial charge on any atom is 0.322 e. The number of hydrogen-bond acceptors (Lipinski definition) is 13. The number of hydrogen-bond donors (Lipinski definition) is 5. The first-order chi connectivity index (χ1) is 22.0. The summed E-state index contributed by atoms with van der Waals surface area (Å²) in [6.45, 7) is 8.41. The molecule has 0 saturated carbocycles. The molecule has 0 aromatic heterocycles. The minimum absolute atomic E-state index is 0.0414. The Labute approximate surface area is 273 Å². The van der Waals surface area contributed by atoms with Gasteiger partial charge in [-0.1, -0.05) is 54.5 Å². The third-order valence-corrected chi connectivity index (χ3v) is 8.99. The summed E-state index contributed by atoms with van der Waals surface area (Å²) in [5.74, 6) is -5.79. The average Bonchev–Trinajstić information content (AvgIpc) is 3.35. The van der Waals surface area contributed by atoms with Gasteiger partial charge in [-0.05, 0) is 27.2 Å². The lowest BCUT2D eigenvalue weighted by molar-refractivity contribution is -0.353. The van der Waals surface area contributed by atoms with Crippen LogP contribution in [0.1, 0.15) is 54.4 Å². The number of fused-ring (bicyclic) bond motifs is 11. The lowest BCUT2D eigenvalue weighted by Gasteiger charge is -2.42. The van der Waals surface area contributed by atoms with Crippen LogP contribution in [0.3, 0.4) is 0 Å². The van der Waals surface area contributed by atoms with Gasteiger partial charge < -0.3 is 44.7 Å². The molecule has 1 amide bonds. The molecule has 5 aliphatic rings. The van der Waals surface area contributed by atoms with E-state index in [-0.39, 0.29) is 12.8 Å². The van der Waals surface area contributed by atoms with Crippen molar-refractivity contribution in [2.24, 2.45) is 11.3 Å². The Kier molecular flexibility index (Phi) is 11.4. The number of allylic oxidation sites excluding steroid dienone is 4. The van der Waals surface area contributed by atoms with Gasteiger partial charge in [-0.2, -0.15) is 0 Å². The third kappa shape index (κ3) is 7.98. The molecule has 0 spiro atoms. The first-order valence-corrected chi connectivity index (χ1v) is 15.6. The highest BCUT2D eigenvalue weighted by atomic mass is 16.9. The minimum atomic E-state index is -1.88. The van der Waals surface area contributed by atoms with Crippen molar-refractivity contribution in [1.82, 2.24) is 5.32 Å². The normalized spacial score (nSPS) is 45.0. The van der Waals surface area contributed by atoms with Crippen LogP contribution in [0.15, 0.2) is 47.6 Å². The van der Waals surface area contributed by atoms with Crippen molar-refractivity contribution in [3.63, 3.8) is 0 Å². The highest BCUT2D eigenvalue weighted by Crippen LogP contribution is 2.40. The number of Topliss-reactive ketones (excluding diaryl/α,β-unsaturated/α-hetero) is 2. The SMILES string of the molecule is CC(=O)C(=O)NC1/C=C(C)/C=C\[C@@H](OC2(C)O[C@@H]3O[C@H](CO)[C@@H](O)[C@H](O)[C@H]3O2)C/C=C(C)/C=C/C(O)CC2OC(=O)C1(C)C(=O)C2C. The van der Waals surface area contributed by atoms with Gasteiger partial charge in [-0.25, -0.2) is 0 Å². The highest BCUT2D eigenvalue weighted by molar-refractivity contribution is 6.35. The first kappa shape index (κ1) is 36.8. The molecule has 3 saturated heterocycles. The van der Waals surface area contributed by atoms with E-state index in [9.17, 15) is 39.6 Å². The molecule has 2 bridgehead atoms. The number of aliphatic hydroxyl groups excluding tert-OH is 4. The molecule has 3 fully saturated rings. The van der Waals surface area contributed by atoms with E-state index in [4.69, 9.17) is 23.7 Å². The summed E-state index contributed by atoms with van der Waals surface area (Å²) in [7, 11) is 0. The van der Waals surface area contributed by atoms with Crippen LogP contribution in [-0.4, -0.2) is 112 Å². The summed E-state index contributed by atoms with van der Waals surface area (Å²) in [4.78, 5) is 51.7. The number of nitrogens with one attached hydrogen (secondary N) is 1. The molecule has 1 aliphatic carbocycles. The van der Waals surface area contributed by atoms with E-state index in [0.717, 1.165) is 12.5 Å². The van der Waals surface area contributed by atoms with Crippen LogP contribution in [0, 0.1) is 11.3 Å². The summed E-state index contributed by atoms with van der Waals surface area (Å²) in [6.07, 6.45) is 1.13. The summed E-state index contributed by atoms with van der Waals surface area (Å²) < 4.78 is 29.2. The Bertz CT molecular complexity index is 1360. The van der Waals surface area contributed by atoms with Crippen molar-refractivity contribution in [3.8, 4) is 0 Å². The Morgan fingerprint density at radius 1 is 1.04 bits per heavy atom. The molecule has 5 N–H and O–H groups in total. The van der Waals surface area contributed by atoms with Gasteiger partial charge in [-0.3, -0.25) is 23.9 Å². The van der Waals surface area contributed by atoms with E-state index in [0.29, 0.717) is 5.57 Å². The molecule has 260 valence electrons. The van der Waals surface area contributed by atoms with Gasteiger partial charge in [0.15, 0.2) is 12.1 Å². The predicted octanol–water partition coefficient (Wildman–Crippen LogP) is 0.270. The van der Waals surface area contributed by atoms with E-state index in [2.05, 4.69) is 5.32 Å². The standard InChI is InChI=1S/C33H45NO13/c1-16-7-10-20(37)14-22-18(3)28(40)32(5,31(42)44-22)24(34-29(41)19(4)36)13-17(2)9-12-21(11-8-16)45-33(6)46-27-26(39)25(38)23(15-35)43-30(27)47-33/h7-10,12-13,18,20-27,30,35,37-39H,11,14-15H2,1-6H3,(H,34,41)/b10-7+,12-9-,16-8+,17-13+/t18?,20?,21-,22?,23+,24?,25+,26-,27+,30-,32?,33?/m0/s1. The van der Waals surface area contributed by atoms with E-state index in [1.807, 2.05) is 13.0 Å². The molecule has 14 heteroatoms. The van der Waals surface area contributed by atoms with Crippen molar-refractivity contribution in [2.45, 2.75) is 115 Å². The molecule has 14 nitrogen and oxygen atoms in total. The number of ether oxygens (including phenoxy) is 5. The van der Waals surface area contributed by atoms with E-state index in [1.54, 1.807) is 32.1 Å². The summed E-state index contributed by atoms with van der Waals surface area (Å²) in [5.41, 5.74) is -0.637. The molecule has 47 heavy (non-hydrogen) atoms. The molecular weight excluding hydrogens is 618 g/mol. The van der Waals surface area contributed by atoms with E-state index >= 15 is 0 Å². The fourth-order valence-corrected chi connectivity index (χ4v) is 6.02. The second-order valence-corrected chi connectivity index (χ2v) is 12.8. The third-order valence-electron chi connectivity index (χ3n) is 8.99. The van der Waals surface area contributed by atoms with Crippen molar-refractivity contribution in [1.29, 1.82) is 0 Å². The van der Waals surface area contributed by atoms with Crippen molar-refractivity contribution in [3.05, 3.63) is 47.6 Å². The largest absolute Gasteiger partial charge is 0.461 e. The van der Waals surface area contributed by atoms with Crippen LogP contribution in [0.4, 0.5) is 0 Å². The zero-order valence-electron chi connectivity index (χ0n) is 27.3. The number of amides is 1. The summed E-state index contributed by atoms with van der Waals surface area (Å²) >= 11 is 0. The number of aliphatic hydroxyl groups is 4. The smallest absolute Gasteiger partial charge is 0.322 e. The fourth-order valence-electron chi connectivity index (χ4n) is 6.02. The molecule has 0 aromatic carbocycles. The van der Waals surface area contributed by atoms with Crippen LogP contribution in [0.2, 0.25) is 0 Å². The van der Waals surface area contributed by atoms with Gasteiger partial charge in [0.1, 0.15) is 35.9 Å². The van der Waals surface area contributed by atoms with E-state index < -0.39 is 102 Å². The first-order valence-electron chi connectivity index (χ1n) is 15.6. The zero-order chi connectivity index (χ0) is 34.8. The predicted molar refractivity (Wildman–Crippen MR) is 163 cm³/mol. The Morgan fingerprint density at radius 2 is 1.72 bits per heavy atom. The van der Waals surface area contributed by atoms with Gasteiger partial charge >= 0.3 is 5.97 Å². The minimum Gasteiger partial charge on any atom is -0.461 e. The Morgan fingerprint density at radius 3 is 2.38 bits per heavy atom. The molecule has 0 radical (unpaired) electrons. The molecule has 4 aliphatic heterocycles. The van der Waals surface area contributed by atoms with Crippen LogP contribution < -0.4 is 5.32 Å². The summed E-state index contributed by atoms with van der Waals surface area (Å²) in [6, 6.07) is -1.26. The highest BCUT2D eigenvalue weighted by Gasteiger charge is 2.57. The van der Waals surface area contributed by atoms with Gasteiger partial charge in [0.2, 0.25) is 5.78 Å². The van der Waals surface area contributed by atoms with Gasteiger partial charge in [-0.15, -0.1) is 0 Å². The number of rotatable bonds is 5. The van der Waals surface area contributed by atoms with E-state index in [1.165, 1.54) is 26.0 Å². The van der Waals surface area contributed by atoms with Gasteiger partial charge in [0, 0.05) is 20.3 Å². The van der Waals surface area contributed by atoms with Crippen LogP contribution in [0.5, 0.6) is 0 Å². The molecule has 5 rings (SSSR count). The number of carbonyl (C=O) groups excluding carboxylic acids is 4. The Hall–Kier alpha value is -3.08. The lowest BCUT2D eigenvalue weighted by Crippen LogP contribution is -2.61. The van der Waals surface area contributed by atoms with Gasteiger partial charge in [0.05, 0.1) is 30.8 Å². The molecule has 4 heterocycles. The number of ketones is 2.